The second-order valence-electron chi connectivity index (χ2n) is 3.92. The molecule has 0 atom stereocenters. The van der Waals surface area contributed by atoms with Crippen LogP contribution in [0.2, 0.25) is 0 Å². The summed E-state index contributed by atoms with van der Waals surface area (Å²) in [5.41, 5.74) is 5.46. The Kier molecular flexibility index (Phi) is 6.31. The first-order valence-corrected chi connectivity index (χ1v) is 7.20. The van der Waals surface area contributed by atoms with Gasteiger partial charge in [-0.25, -0.2) is 0 Å². The van der Waals surface area contributed by atoms with Gasteiger partial charge in [0.15, 0.2) is 0 Å². The maximum atomic E-state index is 11.8. The number of hydrogen-bond donors (Lipinski definition) is 2. The summed E-state index contributed by atoms with van der Waals surface area (Å²) in [6, 6.07) is 0. The van der Waals surface area contributed by atoms with Gasteiger partial charge in [-0.3, -0.25) is 4.90 Å². The lowest BCUT2D eigenvalue weighted by Gasteiger charge is -2.33. The van der Waals surface area contributed by atoms with Crippen molar-refractivity contribution in [3.05, 3.63) is 0 Å². The summed E-state index contributed by atoms with van der Waals surface area (Å²) >= 11 is 0. The highest BCUT2D eigenvalue weighted by Gasteiger charge is 2.25. The molecule has 1 aliphatic heterocycles. The zero-order valence-electron chi connectivity index (χ0n) is 10.3. The van der Waals surface area contributed by atoms with Crippen LogP contribution in [0.5, 0.6) is 0 Å². The minimum atomic E-state index is -3.35. The van der Waals surface area contributed by atoms with Crippen LogP contribution in [0.4, 0.5) is 0 Å². The molecule has 0 aromatic heterocycles. The number of ether oxygens (including phenoxy) is 1. The molecule has 1 fully saturated rings. The third-order valence-corrected chi connectivity index (χ3v) is 4.32. The van der Waals surface area contributed by atoms with Gasteiger partial charge in [0.2, 0.25) is 0 Å². The van der Waals surface area contributed by atoms with E-state index in [0.29, 0.717) is 32.8 Å². The van der Waals surface area contributed by atoms with Crippen molar-refractivity contribution in [1.82, 2.24) is 13.9 Å². The number of piperazine rings is 1. The summed E-state index contributed by atoms with van der Waals surface area (Å²) in [6.45, 7) is 4.63. The minimum absolute atomic E-state index is 0.307. The average molecular weight is 266 g/mol. The van der Waals surface area contributed by atoms with E-state index >= 15 is 0 Å². The smallest absolute Gasteiger partial charge is 0.279 e. The predicted molar refractivity (Wildman–Crippen MR) is 65.9 cm³/mol. The van der Waals surface area contributed by atoms with Gasteiger partial charge in [0, 0.05) is 52.9 Å². The van der Waals surface area contributed by atoms with Crippen molar-refractivity contribution in [2.24, 2.45) is 5.73 Å². The zero-order valence-corrected chi connectivity index (χ0v) is 11.1. The molecule has 0 aromatic carbocycles. The number of nitrogens with two attached hydrogens (primary N) is 1. The summed E-state index contributed by atoms with van der Waals surface area (Å²) in [7, 11) is -1.81. The Morgan fingerprint density at radius 1 is 1.29 bits per heavy atom. The van der Waals surface area contributed by atoms with E-state index in [1.54, 1.807) is 7.11 Å². The topological polar surface area (TPSA) is 87.9 Å². The van der Waals surface area contributed by atoms with Gasteiger partial charge in [-0.05, 0) is 0 Å². The van der Waals surface area contributed by atoms with Gasteiger partial charge in [0.1, 0.15) is 0 Å². The normalized spacial score (nSPS) is 19.6. The molecule has 0 aliphatic carbocycles. The van der Waals surface area contributed by atoms with Crippen LogP contribution >= 0.6 is 0 Å². The van der Waals surface area contributed by atoms with Crippen LogP contribution in [-0.4, -0.2) is 77.2 Å². The molecule has 0 spiro atoms. The molecule has 1 rings (SSSR count). The van der Waals surface area contributed by atoms with E-state index in [9.17, 15) is 8.42 Å². The SMILES string of the molecule is COCCNS(=O)(=O)N1CCN(CCN)CC1. The third kappa shape index (κ3) is 4.86. The molecule has 17 heavy (non-hydrogen) atoms. The second-order valence-corrected chi connectivity index (χ2v) is 5.68. The summed E-state index contributed by atoms with van der Waals surface area (Å²) in [5.74, 6) is 0. The van der Waals surface area contributed by atoms with Gasteiger partial charge >= 0.3 is 0 Å². The maximum Gasteiger partial charge on any atom is 0.279 e. The highest BCUT2D eigenvalue weighted by molar-refractivity contribution is 7.87. The van der Waals surface area contributed by atoms with E-state index < -0.39 is 10.2 Å². The Hall–Kier alpha value is -0.250. The van der Waals surface area contributed by atoms with Gasteiger partial charge < -0.3 is 10.5 Å². The lowest BCUT2D eigenvalue weighted by Crippen LogP contribution is -2.52. The molecule has 1 saturated heterocycles. The Bertz CT molecular complexity index is 301. The molecule has 1 heterocycles. The van der Waals surface area contributed by atoms with Crippen LogP contribution in [0.25, 0.3) is 0 Å². The first-order valence-electron chi connectivity index (χ1n) is 5.76. The molecule has 0 radical (unpaired) electrons. The second kappa shape index (κ2) is 7.24. The van der Waals surface area contributed by atoms with Crippen LogP contribution in [0.1, 0.15) is 0 Å². The Labute approximate surface area is 103 Å². The Balaban J connectivity index is 2.36. The lowest BCUT2D eigenvalue weighted by molar-refractivity contribution is 0.188. The van der Waals surface area contributed by atoms with Crippen molar-refractivity contribution in [3.8, 4) is 0 Å². The summed E-state index contributed by atoms with van der Waals surface area (Å²) in [6.07, 6.45) is 0. The van der Waals surface area contributed by atoms with Gasteiger partial charge in [-0.15, -0.1) is 0 Å². The highest BCUT2D eigenvalue weighted by Crippen LogP contribution is 2.05. The minimum Gasteiger partial charge on any atom is -0.383 e. The molecular weight excluding hydrogens is 244 g/mol. The number of nitrogens with one attached hydrogen (secondary N) is 1. The van der Waals surface area contributed by atoms with E-state index in [-0.39, 0.29) is 0 Å². The molecule has 8 heteroatoms. The lowest BCUT2D eigenvalue weighted by atomic mass is 10.3. The summed E-state index contributed by atoms with van der Waals surface area (Å²) < 4.78 is 32.5. The van der Waals surface area contributed by atoms with Gasteiger partial charge in [-0.1, -0.05) is 0 Å². The van der Waals surface area contributed by atoms with E-state index in [0.717, 1.165) is 19.6 Å². The quantitative estimate of drug-likeness (QED) is 0.523. The molecule has 0 aromatic rings. The van der Waals surface area contributed by atoms with Gasteiger partial charge in [0.05, 0.1) is 6.61 Å². The standard InChI is InChI=1S/C9H22N4O3S/c1-16-9-3-11-17(14,15)13-7-5-12(4-2-10)6-8-13/h11H,2-10H2,1H3. The highest BCUT2D eigenvalue weighted by atomic mass is 32.2. The van der Waals surface area contributed by atoms with Crippen LogP contribution in [0.15, 0.2) is 0 Å². The largest absolute Gasteiger partial charge is 0.383 e. The number of hydrogen-bond acceptors (Lipinski definition) is 5. The fourth-order valence-corrected chi connectivity index (χ4v) is 2.91. The molecule has 0 unspecified atom stereocenters. The van der Waals surface area contributed by atoms with Gasteiger partial charge in [-0.2, -0.15) is 17.4 Å². The van der Waals surface area contributed by atoms with Gasteiger partial charge in [0.25, 0.3) is 10.2 Å². The fraction of sp³-hybridized carbons (Fsp3) is 1.00. The van der Waals surface area contributed by atoms with E-state index in [4.69, 9.17) is 10.5 Å². The van der Waals surface area contributed by atoms with E-state index in [1.807, 2.05) is 0 Å². The van der Waals surface area contributed by atoms with Crippen LogP contribution in [0, 0.1) is 0 Å². The van der Waals surface area contributed by atoms with E-state index in [1.165, 1.54) is 4.31 Å². The number of rotatable bonds is 7. The molecule has 3 N–H and O–H groups in total. The van der Waals surface area contributed by atoms with Crippen molar-refractivity contribution in [3.63, 3.8) is 0 Å². The van der Waals surface area contributed by atoms with E-state index in [2.05, 4.69) is 9.62 Å². The molecule has 0 amide bonds. The molecule has 0 bridgehead atoms. The summed E-state index contributed by atoms with van der Waals surface area (Å²) in [5, 5.41) is 0. The average Bonchev–Trinajstić information content (AvgIpc) is 2.30. The van der Waals surface area contributed by atoms with Crippen LogP contribution < -0.4 is 10.5 Å². The van der Waals surface area contributed by atoms with Crippen molar-refractivity contribution in [1.29, 1.82) is 0 Å². The molecule has 7 nitrogen and oxygen atoms in total. The monoisotopic (exact) mass is 266 g/mol. The van der Waals surface area contributed by atoms with Crippen molar-refractivity contribution in [2.75, 3.05) is 59.5 Å². The molecule has 0 saturated carbocycles. The number of nitrogens with zero attached hydrogens (tertiary/aromatic N) is 2. The fourth-order valence-electron chi connectivity index (χ4n) is 1.74. The van der Waals surface area contributed by atoms with Crippen LogP contribution in [0.3, 0.4) is 0 Å². The third-order valence-electron chi connectivity index (χ3n) is 2.71. The summed E-state index contributed by atoms with van der Waals surface area (Å²) in [4.78, 5) is 2.17. The number of methoxy groups -OCH3 is 1. The first-order chi connectivity index (χ1) is 8.10. The van der Waals surface area contributed by atoms with Crippen LogP contribution in [-0.2, 0) is 14.9 Å². The van der Waals surface area contributed by atoms with Crippen molar-refractivity contribution >= 4 is 10.2 Å². The maximum absolute atomic E-state index is 11.8. The van der Waals surface area contributed by atoms with Crippen molar-refractivity contribution < 1.29 is 13.2 Å². The Morgan fingerprint density at radius 2 is 1.94 bits per heavy atom. The van der Waals surface area contributed by atoms with Crippen molar-refractivity contribution in [2.45, 2.75) is 0 Å². The zero-order chi connectivity index (χ0) is 12.7. The molecule has 102 valence electrons. The molecular formula is C9H22N4O3S. The predicted octanol–water partition coefficient (Wildman–Crippen LogP) is -1.96. The first kappa shape index (κ1) is 14.8. The molecule has 1 aliphatic rings. The Morgan fingerprint density at radius 3 is 2.47 bits per heavy atom.